The summed E-state index contributed by atoms with van der Waals surface area (Å²) in [7, 11) is 0. The van der Waals surface area contributed by atoms with Gasteiger partial charge in [0.2, 0.25) is 5.76 Å². The first-order valence-electron chi connectivity index (χ1n) is 7.89. The van der Waals surface area contributed by atoms with Gasteiger partial charge in [0.1, 0.15) is 5.82 Å². The maximum Gasteiger partial charge on any atom is 0.285 e. The Kier molecular flexibility index (Phi) is 3.57. The molecule has 1 unspecified atom stereocenters. The van der Waals surface area contributed by atoms with Gasteiger partial charge in [-0.3, -0.25) is 4.79 Å². The molecule has 0 radical (unpaired) electrons. The molecule has 2 aromatic heterocycles. The summed E-state index contributed by atoms with van der Waals surface area (Å²) in [5.74, 6) is -0.426. The second-order valence-electron chi connectivity index (χ2n) is 5.83. The van der Waals surface area contributed by atoms with Crippen LogP contribution in [0.3, 0.4) is 0 Å². The quantitative estimate of drug-likeness (QED) is 0.770. The molecule has 0 bridgehead atoms. The topological polar surface area (TPSA) is 98.6 Å². The molecule has 1 aliphatic rings. The van der Waals surface area contributed by atoms with Crippen molar-refractivity contribution < 1.29 is 13.9 Å². The number of nitrogens with two attached hydrogens (primary N) is 1. The average Bonchev–Trinajstić information content (AvgIpc) is 3.16. The lowest BCUT2D eigenvalue weighted by Gasteiger charge is -2.24. The third-order valence-electron chi connectivity index (χ3n) is 4.15. The summed E-state index contributed by atoms with van der Waals surface area (Å²) in [5.41, 5.74) is 6.76. The van der Waals surface area contributed by atoms with Gasteiger partial charge >= 0.3 is 0 Å². The lowest BCUT2D eigenvalue weighted by Crippen LogP contribution is -2.27. The van der Waals surface area contributed by atoms with E-state index in [9.17, 15) is 9.18 Å². The molecule has 0 spiro atoms. The Morgan fingerprint density at radius 2 is 2.19 bits per heavy atom. The molecular formula is C17H15FN6O2. The minimum Gasteiger partial charge on any atom is -0.463 e. The van der Waals surface area contributed by atoms with Crippen molar-refractivity contribution in [3.63, 3.8) is 0 Å². The number of carbonyl (C=O) groups is 1. The Hall–Kier alpha value is -3.49. The van der Waals surface area contributed by atoms with Gasteiger partial charge in [-0.2, -0.15) is 4.98 Å². The van der Waals surface area contributed by atoms with Gasteiger partial charge in [-0.1, -0.05) is 0 Å². The largest absolute Gasteiger partial charge is 0.463 e. The van der Waals surface area contributed by atoms with Crippen molar-refractivity contribution in [3.05, 3.63) is 53.9 Å². The molecule has 1 atom stereocenters. The standard InChI is InChI=1S/C17H15FN6O2/c1-9-14(15(19)25)26-10(2)24(9)11-4-5-13(18)12(8-11)16-21-17-20-6-3-7-23(17)22-16/h3-8,10H,1-2H3,(H2,19,25). The Morgan fingerprint density at radius 1 is 1.38 bits per heavy atom. The van der Waals surface area contributed by atoms with Gasteiger partial charge in [0, 0.05) is 18.1 Å². The van der Waals surface area contributed by atoms with E-state index in [4.69, 9.17) is 10.5 Å². The zero-order valence-electron chi connectivity index (χ0n) is 14.0. The van der Waals surface area contributed by atoms with Crippen molar-refractivity contribution in [2.24, 2.45) is 5.73 Å². The van der Waals surface area contributed by atoms with Crippen LogP contribution in [-0.4, -0.2) is 31.7 Å². The summed E-state index contributed by atoms with van der Waals surface area (Å²) in [6.45, 7) is 3.50. The first-order valence-corrected chi connectivity index (χ1v) is 7.89. The van der Waals surface area contributed by atoms with E-state index in [-0.39, 0.29) is 17.1 Å². The van der Waals surface area contributed by atoms with Crippen molar-refractivity contribution in [1.82, 2.24) is 19.6 Å². The van der Waals surface area contributed by atoms with E-state index in [1.54, 1.807) is 49.3 Å². The smallest absolute Gasteiger partial charge is 0.285 e. The predicted octanol–water partition coefficient (Wildman–Crippen LogP) is 1.83. The summed E-state index contributed by atoms with van der Waals surface area (Å²) in [5, 5.41) is 4.26. The molecule has 1 aromatic carbocycles. The number of rotatable bonds is 3. The molecule has 8 nitrogen and oxygen atoms in total. The molecule has 3 aromatic rings. The number of amides is 1. The van der Waals surface area contributed by atoms with Crippen LogP contribution >= 0.6 is 0 Å². The van der Waals surface area contributed by atoms with Crippen molar-refractivity contribution in [1.29, 1.82) is 0 Å². The minimum absolute atomic E-state index is 0.0958. The van der Waals surface area contributed by atoms with Gasteiger partial charge in [-0.25, -0.2) is 13.9 Å². The second kappa shape index (κ2) is 5.80. The van der Waals surface area contributed by atoms with Gasteiger partial charge in [0.15, 0.2) is 12.1 Å². The lowest BCUT2D eigenvalue weighted by molar-refractivity contribution is -0.118. The number of benzene rings is 1. The fraction of sp³-hybridized carbons (Fsp3) is 0.176. The number of ether oxygens (including phenoxy) is 1. The number of primary amides is 1. The average molecular weight is 354 g/mol. The van der Waals surface area contributed by atoms with Crippen LogP contribution in [0.5, 0.6) is 0 Å². The number of allylic oxidation sites excluding steroid dienone is 1. The van der Waals surface area contributed by atoms with E-state index in [2.05, 4.69) is 15.1 Å². The first-order chi connectivity index (χ1) is 12.5. The third-order valence-corrected chi connectivity index (χ3v) is 4.15. The maximum atomic E-state index is 14.4. The molecule has 1 amide bonds. The molecule has 0 saturated heterocycles. The number of hydrogen-bond donors (Lipinski definition) is 1. The first kappa shape index (κ1) is 16.0. The van der Waals surface area contributed by atoms with E-state index >= 15 is 0 Å². The fourth-order valence-corrected chi connectivity index (χ4v) is 3.01. The summed E-state index contributed by atoms with van der Waals surface area (Å²) in [6.07, 6.45) is 2.82. The Bertz CT molecular complexity index is 1030. The molecule has 3 heterocycles. The number of carbonyl (C=O) groups excluding carboxylic acids is 1. The van der Waals surface area contributed by atoms with E-state index in [1.165, 1.54) is 10.6 Å². The molecule has 2 N–H and O–H groups in total. The summed E-state index contributed by atoms with van der Waals surface area (Å²) >= 11 is 0. The van der Waals surface area contributed by atoms with Gasteiger partial charge in [0.25, 0.3) is 11.7 Å². The Balaban J connectivity index is 1.81. The molecule has 0 aliphatic carbocycles. The summed E-state index contributed by atoms with van der Waals surface area (Å²) in [4.78, 5) is 21.6. The number of fused-ring (bicyclic) bond motifs is 1. The monoisotopic (exact) mass is 354 g/mol. The highest BCUT2D eigenvalue weighted by molar-refractivity contribution is 5.92. The van der Waals surface area contributed by atoms with Crippen LogP contribution in [0.2, 0.25) is 0 Å². The van der Waals surface area contributed by atoms with E-state index in [1.807, 2.05) is 0 Å². The fourth-order valence-electron chi connectivity index (χ4n) is 3.01. The van der Waals surface area contributed by atoms with E-state index < -0.39 is 18.0 Å². The molecule has 26 heavy (non-hydrogen) atoms. The molecule has 4 rings (SSSR count). The number of halogens is 1. The summed E-state index contributed by atoms with van der Waals surface area (Å²) in [6, 6.07) is 6.24. The zero-order valence-corrected chi connectivity index (χ0v) is 14.0. The van der Waals surface area contributed by atoms with E-state index in [0.29, 0.717) is 17.2 Å². The number of hydrogen-bond acceptors (Lipinski definition) is 6. The molecule has 1 aliphatic heterocycles. The number of aromatic nitrogens is 4. The lowest BCUT2D eigenvalue weighted by atomic mass is 10.1. The van der Waals surface area contributed by atoms with Crippen LogP contribution in [0.1, 0.15) is 13.8 Å². The predicted molar refractivity (Wildman–Crippen MR) is 91.1 cm³/mol. The molecular weight excluding hydrogens is 339 g/mol. The van der Waals surface area contributed by atoms with E-state index in [0.717, 1.165) is 0 Å². The number of nitrogens with zero attached hydrogens (tertiary/aromatic N) is 5. The van der Waals surface area contributed by atoms with Crippen LogP contribution < -0.4 is 10.6 Å². The maximum absolute atomic E-state index is 14.4. The van der Waals surface area contributed by atoms with Gasteiger partial charge in [-0.05, 0) is 38.1 Å². The highest BCUT2D eigenvalue weighted by Crippen LogP contribution is 2.34. The second-order valence-corrected chi connectivity index (χ2v) is 5.83. The van der Waals surface area contributed by atoms with Crippen LogP contribution in [0.4, 0.5) is 10.1 Å². The Labute approximate surface area is 147 Å². The van der Waals surface area contributed by atoms with Crippen molar-refractivity contribution >= 4 is 17.4 Å². The van der Waals surface area contributed by atoms with Crippen molar-refractivity contribution in [3.8, 4) is 11.4 Å². The highest BCUT2D eigenvalue weighted by Gasteiger charge is 2.32. The van der Waals surface area contributed by atoms with Gasteiger partial charge < -0.3 is 15.4 Å². The van der Waals surface area contributed by atoms with Crippen LogP contribution in [0.25, 0.3) is 17.2 Å². The van der Waals surface area contributed by atoms with Crippen molar-refractivity contribution in [2.45, 2.75) is 20.1 Å². The van der Waals surface area contributed by atoms with Gasteiger partial charge in [0.05, 0.1) is 11.3 Å². The van der Waals surface area contributed by atoms with Crippen LogP contribution in [0, 0.1) is 5.82 Å². The Morgan fingerprint density at radius 3 is 2.88 bits per heavy atom. The normalized spacial score (nSPS) is 17.0. The molecule has 0 saturated carbocycles. The molecule has 132 valence electrons. The zero-order chi connectivity index (χ0) is 18.4. The number of anilines is 1. The van der Waals surface area contributed by atoms with Crippen molar-refractivity contribution in [2.75, 3.05) is 4.90 Å². The van der Waals surface area contributed by atoms with Crippen LogP contribution in [-0.2, 0) is 9.53 Å². The molecule has 0 fully saturated rings. The summed E-state index contributed by atoms with van der Waals surface area (Å²) < 4.78 is 21.4. The highest BCUT2D eigenvalue weighted by atomic mass is 19.1. The third kappa shape index (κ3) is 2.44. The van der Waals surface area contributed by atoms with Crippen LogP contribution in [0.15, 0.2) is 48.1 Å². The molecule has 9 heteroatoms. The van der Waals surface area contributed by atoms with Gasteiger partial charge in [-0.15, -0.1) is 5.10 Å². The minimum atomic E-state index is -0.646. The SMILES string of the molecule is CC1=C(C(N)=O)OC(C)N1c1ccc(F)c(-c2nc3ncccn3n2)c1.